The molecule has 0 aliphatic heterocycles. The Morgan fingerprint density at radius 3 is 2.68 bits per heavy atom. The lowest BCUT2D eigenvalue weighted by molar-refractivity contribution is 0.622. The predicted molar refractivity (Wildman–Crippen MR) is 97.1 cm³/mol. The van der Waals surface area contributed by atoms with Crippen molar-refractivity contribution in [1.82, 2.24) is 9.55 Å². The fraction of sp³-hybridized carbons (Fsp3) is 0.211. The van der Waals surface area contributed by atoms with Crippen LogP contribution in [0.3, 0.4) is 0 Å². The number of nitriles is 1. The highest BCUT2D eigenvalue weighted by Crippen LogP contribution is 2.20. The molecule has 126 valence electrons. The first kappa shape index (κ1) is 17.2. The van der Waals surface area contributed by atoms with Crippen molar-refractivity contribution >= 4 is 22.7 Å². The number of fused-ring (bicyclic) bond motifs is 1. The van der Waals surface area contributed by atoms with Gasteiger partial charge in [0.05, 0.1) is 23.5 Å². The van der Waals surface area contributed by atoms with Crippen LogP contribution >= 0.6 is 11.8 Å². The molecule has 0 aliphatic carbocycles. The van der Waals surface area contributed by atoms with Gasteiger partial charge in [-0.25, -0.2) is 9.37 Å². The number of thioether (sulfide) groups is 1. The lowest BCUT2D eigenvalue weighted by Gasteiger charge is -2.13. The minimum absolute atomic E-state index is 0.113. The summed E-state index contributed by atoms with van der Waals surface area (Å²) >= 11 is 1.47. The highest BCUT2D eigenvalue weighted by atomic mass is 32.2. The van der Waals surface area contributed by atoms with Crippen LogP contribution in [0.2, 0.25) is 0 Å². The number of aromatic nitrogens is 2. The van der Waals surface area contributed by atoms with Crippen molar-refractivity contribution in [3.05, 3.63) is 70.3 Å². The zero-order valence-electron chi connectivity index (χ0n) is 13.5. The molecular weight excluding hydrogens is 337 g/mol. The zero-order chi connectivity index (χ0) is 17.6. The molecule has 0 amide bonds. The van der Waals surface area contributed by atoms with Crippen LogP contribution < -0.4 is 5.56 Å². The van der Waals surface area contributed by atoms with E-state index in [1.54, 1.807) is 22.8 Å². The molecule has 4 nitrogen and oxygen atoms in total. The lowest BCUT2D eigenvalue weighted by atomic mass is 10.2. The molecule has 6 heteroatoms. The summed E-state index contributed by atoms with van der Waals surface area (Å²) in [5, 5.41) is 9.84. The first-order valence-electron chi connectivity index (χ1n) is 7.93. The largest absolute Gasteiger partial charge is 0.283 e. The minimum atomic E-state index is -0.307. The summed E-state index contributed by atoms with van der Waals surface area (Å²) in [7, 11) is 0. The molecule has 25 heavy (non-hydrogen) atoms. The van der Waals surface area contributed by atoms with Gasteiger partial charge in [0.2, 0.25) is 0 Å². The normalized spacial score (nSPS) is 10.7. The number of hydrogen-bond acceptors (Lipinski definition) is 4. The van der Waals surface area contributed by atoms with Crippen LogP contribution in [0, 0.1) is 17.1 Å². The average molecular weight is 353 g/mol. The second-order valence-electron chi connectivity index (χ2n) is 5.54. The van der Waals surface area contributed by atoms with Crippen molar-refractivity contribution < 1.29 is 4.39 Å². The zero-order valence-corrected chi connectivity index (χ0v) is 14.3. The molecule has 0 unspecified atom stereocenters. The summed E-state index contributed by atoms with van der Waals surface area (Å²) in [6, 6.07) is 15.5. The van der Waals surface area contributed by atoms with E-state index in [9.17, 15) is 9.18 Å². The van der Waals surface area contributed by atoms with E-state index in [2.05, 4.69) is 11.1 Å². The summed E-state index contributed by atoms with van der Waals surface area (Å²) in [5.41, 5.74) is 1.38. The summed E-state index contributed by atoms with van der Waals surface area (Å²) < 4.78 is 14.7. The van der Waals surface area contributed by atoms with Gasteiger partial charge in [0.25, 0.3) is 5.56 Å². The van der Waals surface area contributed by atoms with Crippen LogP contribution in [0.15, 0.2) is 58.5 Å². The molecule has 1 heterocycles. The average Bonchev–Trinajstić information content (AvgIpc) is 2.63. The van der Waals surface area contributed by atoms with Gasteiger partial charge < -0.3 is 0 Å². The van der Waals surface area contributed by atoms with Gasteiger partial charge in [0.1, 0.15) is 5.82 Å². The monoisotopic (exact) mass is 353 g/mol. The second kappa shape index (κ2) is 7.95. The Hall–Kier alpha value is -2.65. The Kier molecular flexibility index (Phi) is 5.46. The van der Waals surface area contributed by atoms with E-state index in [-0.39, 0.29) is 11.4 Å². The highest BCUT2D eigenvalue weighted by molar-refractivity contribution is 7.99. The molecule has 0 saturated heterocycles. The number of para-hydroxylation sites is 1. The third kappa shape index (κ3) is 4.06. The van der Waals surface area contributed by atoms with Crippen LogP contribution in [0.5, 0.6) is 0 Å². The maximum absolute atomic E-state index is 13.1. The topological polar surface area (TPSA) is 58.7 Å². The molecule has 0 aliphatic rings. The molecule has 3 rings (SSSR count). The maximum atomic E-state index is 13.1. The van der Waals surface area contributed by atoms with Gasteiger partial charge in [-0.3, -0.25) is 9.36 Å². The summed E-state index contributed by atoms with van der Waals surface area (Å²) in [6.45, 7) is 0.331. The van der Waals surface area contributed by atoms with Gasteiger partial charge in [-0.1, -0.05) is 36.0 Å². The number of nitrogens with zero attached hydrogens (tertiary/aromatic N) is 3. The van der Waals surface area contributed by atoms with Crippen LogP contribution in [0.25, 0.3) is 10.9 Å². The van der Waals surface area contributed by atoms with Crippen LogP contribution in [0.1, 0.15) is 18.4 Å². The number of unbranched alkanes of at least 4 members (excludes halogenated alkanes) is 1. The lowest BCUT2D eigenvalue weighted by Crippen LogP contribution is -2.24. The summed E-state index contributed by atoms with van der Waals surface area (Å²) in [6.07, 6.45) is 1.21. The molecule has 0 bridgehead atoms. The van der Waals surface area contributed by atoms with E-state index in [1.807, 2.05) is 18.2 Å². The van der Waals surface area contributed by atoms with Crippen molar-refractivity contribution in [2.45, 2.75) is 24.5 Å². The van der Waals surface area contributed by atoms with E-state index in [4.69, 9.17) is 5.26 Å². The quantitative estimate of drug-likeness (QED) is 0.382. The molecular formula is C19H16FN3OS. The number of halogens is 1. The molecule has 0 N–H and O–H groups in total. The molecule has 2 aromatic carbocycles. The first-order valence-corrected chi connectivity index (χ1v) is 8.91. The van der Waals surface area contributed by atoms with E-state index < -0.39 is 0 Å². The third-order valence-electron chi connectivity index (χ3n) is 3.74. The third-order valence-corrected chi connectivity index (χ3v) is 4.81. The SMILES string of the molecule is N#CCCCSc1nc2ccccc2c(=O)n1Cc1ccc(F)cc1. The van der Waals surface area contributed by atoms with Crippen molar-refractivity contribution in [1.29, 1.82) is 5.26 Å². The Morgan fingerprint density at radius 2 is 1.92 bits per heavy atom. The molecule has 0 fully saturated rings. The van der Waals surface area contributed by atoms with Crippen molar-refractivity contribution in [3.63, 3.8) is 0 Å². The minimum Gasteiger partial charge on any atom is -0.283 e. The van der Waals surface area contributed by atoms with E-state index >= 15 is 0 Å². The fourth-order valence-electron chi connectivity index (χ4n) is 2.48. The Morgan fingerprint density at radius 1 is 1.16 bits per heavy atom. The Balaban J connectivity index is 2.00. The van der Waals surface area contributed by atoms with Crippen LogP contribution in [0.4, 0.5) is 4.39 Å². The number of rotatable bonds is 6. The van der Waals surface area contributed by atoms with Gasteiger partial charge in [0.15, 0.2) is 5.16 Å². The predicted octanol–water partition coefficient (Wildman–Crippen LogP) is 3.98. The van der Waals surface area contributed by atoms with Crippen molar-refractivity contribution in [3.8, 4) is 6.07 Å². The number of hydrogen-bond donors (Lipinski definition) is 0. The van der Waals surface area contributed by atoms with Crippen molar-refractivity contribution in [2.24, 2.45) is 0 Å². The first-order chi connectivity index (χ1) is 12.2. The van der Waals surface area contributed by atoms with E-state index in [0.717, 1.165) is 12.0 Å². The van der Waals surface area contributed by atoms with Gasteiger partial charge in [-0.2, -0.15) is 5.26 Å². The Labute approximate surface area is 148 Å². The van der Waals surface area contributed by atoms with Gasteiger partial charge in [-0.15, -0.1) is 0 Å². The van der Waals surface area contributed by atoms with Gasteiger partial charge >= 0.3 is 0 Å². The van der Waals surface area contributed by atoms with Crippen LogP contribution in [-0.4, -0.2) is 15.3 Å². The van der Waals surface area contributed by atoms with Crippen LogP contribution in [-0.2, 0) is 6.54 Å². The number of benzene rings is 2. The Bertz CT molecular complexity index is 977. The molecule has 1 aromatic heterocycles. The highest BCUT2D eigenvalue weighted by Gasteiger charge is 2.12. The van der Waals surface area contributed by atoms with Crippen molar-refractivity contribution in [2.75, 3.05) is 5.75 Å². The molecule has 3 aromatic rings. The van der Waals surface area contributed by atoms with E-state index in [0.29, 0.717) is 34.8 Å². The van der Waals surface area contributed by atoms with Gasteiger partial charge in [-0.05, 0) is 36.2 Å². The van der Waals surface area contributed by atoms with E-state index in [1.165, 1.54) is 23.9 Å². The molecule has 0 atom stereocenters. The second-order valence-corrected chi connectivity index (χ2v) is 6.60. The summed E-state index contributed by atoms with van der Waals surface area (Å²) in [4.78, 5) is 17.5. The molecule has 0 radical (unpaired) electrons. The summed E-state index contributed by atoms with van der Waals surface area (Å²) in [5.74, 6) is 0.403. The smallest absolute Gasteiger partial charge is 0.262 e. The maximum Gasteiger partial charge on any atom is 0.262 e. The molecule has 0 saturated carbocycles. The van der Waals surface area contributed by atoms with Gasteiger partial charge in [0, 0.05) is 12.2 Å². The fourth-order valence-corrected chi connectivity index (χ4v) is 3.42. The molecule has 0 spiro atoms. The standard InChI is InChI=1S/C19H16FN3OS/c20-15-9-7-14(8-10-15)13-23-18(24)16-5-1-2-6-17(16)22-19(23)25-12-4-3-11-21/h1-2,5-10H,3-4,12-13H2.